The fourth-order valence-electron chi connectivity index (χ4n) is 1.63. The predicted molar refractivity (Wildman–Crippen MR) is 63.4 cm³/mol. The van der Waals surface area contributed by atoms with E-state index in [-0.39, 0.29) is 5.43 Å². The van der Waals surface area contributed by atoms with Gasteiger partial charge in [0.2, 0.25) is 5.43 Å². The molecule has 0 unspecified atom stereocenters. The molecule has 0 bridgehead atoms. The first kappa shape index (κ1) is 8.56. The van der Waals surface area contributed by atoms with Crippen LogP contribution in [0.25, 0.3) is 20.3 Å². The van der Waals surface area contributed by atoms with Crippen molar-refractivity contribution in [2.45, 2.75) is 0 Å². The molecule has 0 radical (unpaired) electrons. The van der Waals surface area contributed by atoms with Crippen LogP contribution in [0.1, 0.15) is 0 Å². The van der Waals surface area contributed by atoms with Crippen molar-refractivity contribution in [2.24, 2.45) is 0 Å². The van der Waals surface area contributed by atoms with Crippen molar-refractivity contribution in [2.75, 3.05) is 0 Å². The maximum atomic E-state index is 12.0. The monoisotopic (exact) mass is 213 g/mol. The van der Waals surface area contributed by atoms with Crippen LogP contribution in [-0.4, -0.2) is 4.98 Å². The molecule has 3 aromatic rings. The molecule has 2 aromatic heterocycles. The lowest BCUT2D eigenvalue weighted by Gasteiger charge is -1.98. The van der Waals surface area contributed by atoms with Crippen molar-refractivity contribution >= 4 is 31.6 Å². The van der Waals surface area contributed by atoms with Gasteiger partial charge in [-0.3, -0.25) is 9.78 Å². The van der Waals surface area contributed by atoms with E-state index in [0.717, 1.165) is 14.8 Å². The number of pyridine rings is 1. The summed E-state index contributed by atoms with van der Waals surface area (Å²) in [5.74, 6) is 0. The van der Waals surface area contributed by atoms with Gasteiger partial charge in [-0.15, -0.1) is 11.3 Å². The molecule has 72 valence electrons. The largest absolute Gasteiger partial charge is 0.287 e. The average Bonchev–Trinajstić information content (AvgIpc) is 2.30. The quantitative estimate of drug-likeness (QED) is 0.537. The second-order valence-corrected chi connectivity index (χ2v) is 4.36. The maximum Gasteiger partial charge on any atom is 0.214 e. The van der Waals surface area contributed by atoms with E-state index in [2.05, 4.69) is 4.98 Å². The minimum atomic E-state index is 0.0277. The summed E-state index contributed by atoms with van der Waals surface area (Å²) in [5.41, 5.74) is 0.598. The summed E-state index contributed by atoms with van der Waals surface area (Å²) in [6.07, 6.45) is 1.66. The van der Waals surface area contributed by atoms with Gasteiger partial charge in [0.25, 0.3) is 0 Å². The third kappa shape index (κ3) is 1.24. The standard InChI is InChI=1S/C12H7NOS/c14-12-8-4-1-2-5-9(8)15-10-6-3-7-13-11(10)12/h1-7H. The lowest BCUT2D eigenvalue weighted by atomic mass is 10.2. The Balaban J connectivity index is 2.66. The molecule has 0 spiro atoms. The Bertz CT molecular complexity index is 645. The van der Waals surface area contributed by atoms with Gasteiger partial charge in [0.15, 0.2) is 0 Å². The number of benzene rings is 1. The molecule has 2 nitrogen and oxygen atoms in total. The number of nitrogens with zero attached hydrogens (tertiary/aromatic N) is 1. The van der Waals surface area contributed by atoms with Crippen LogP contribution in [0.4, 0.5) is 0 Å². The highest BCUT2D eigenvalue weighted by Gasteiger charge is 2.04. The van der Waals surface area contributed by atoms with Crippen molar-refractivity contribution in [3.8, 4) is 0 Å². The van der Waals surface area contributed by atoms with Crippen molar-refractivity contribution in [3.63, 3.8) is 0 Å². The van der Waals surface area contributed by atoms with Gasteiger partial charge in [-0.2, -0.15) is 0 Å². The molecule has 0 atom stereocenters. The van der Waals surface area contributed by atoms with Gasteiger partial charge in [-0.1, -0.05) is 12.1 Å². The smallest absolute Gasteiger partial charge is 0.214 e. The summed E-state index contributed by atoms with van der Waals surface area (Å²) in [4.78, 5) is 16.2. The molecule has 2 heterocycles. The highest BCUT2D eigenvalue weighted by atomic mass is 32.1. The maximum absolute atomic E-state index is 12.0. The summed E-state index contributed by atoms with van der Waals surface area (Å²) >= 11 is 1.60. The van der Waals surface area contributed by atoms with Crippen LogP contribution in [0.3, 0.4) is 0 Å². The summed E-state index contributed by atoms with van der Waals surface area (Å²) in [6, 6.07) is 11.4. The van der Waals surface area contributed by atoms with Crippen LogP contribution in [0.15, 0.2) is 47.4 Å². The molecule has 0 amide bonds. The molecular formula is C12H7NOS. The van der Waals surface area contributed by atoms with Crippen LogP contribution in [0, 0.1) is 0 Å². The molecule has 0 aliphatic carbocycles. The Hall–Kier alpha value is -1.74. The molecule has 1 aromatic carbocycles. The lowest BCUT2D eigenvalue weighted by Crippen LogP contribution is -2.02. The van der Waals surface area contributed by atoms with Crippen molar-refractivity contribution < 1.29 is 0 Å². The van der Waals surface area contributed by atoms with E-state index >= 15 is 0 Å². The molecule has 15 heavy (non-hydrogen) atoms. The lowest BCUT2D eigenvalue weighted by molar-refractivity contribution is 1.41. The Kier molecular flexibility index (Phi) is 1.79. The van der Waals surface area contributed by atoms with E-state index in [4.69, 9.17) is 0 Å². The average molecular weight is 213 g/mol. The highest BCUT2D eigenvalue weighted by Crippen LogP contribution is 2.22. The van der Waals surface area contributed by atoms with E-state index in [1.165, 1.54) is 0 Å². The van der Waals surface area contributed by atoms with Gasteiger partial charge >= 0.3 is 0 Å². The molecule has 3 rings (SSSR count). The molecular weight excluding hydrogens is 206 g/mol. The SMILES string of the molecule is O=c1c2ccccc2sc2cccnc12. The second-order valence-electron chi connectivity index (χ2n) is 3.28. The third-order valence-electron chi connectivity index (χ3n) is 2.34. The molecule has 0 fully saturated rings. The molecule has 0 aliphatic rings. The summed E-state index contributed by atoms with van der Waals surface area (Å²) in [5, 5.41) is 0.758. The molecule has 0 aliphatic heterocycles. The van der Waals surface area contributed by atoms with Gasteiger partial charge in [-0.05, 0) is 24.3 Å². The fourth-order valence-corrected chi connectivity index (χ4v) is 2.68. The minimum Gasteiger partial charge on any atom is -0.287 e. The first-order valence-corrected chi connectivity index (χ1v) is 5.44. The van der Waals surface area contributed by atoms with Gasteiger partial charge < -0.3 is 0 Å². The second kappa shape index (κ2) is 3.14. The summed E-state index contributed by atoms with van der Waals surface area (Å²) < 4.78 is 1.96. The topological polar surface area (TPSA) is 30.0 Å². The van der Waals surface area contributed by atoms with Gasteiger partial charge in [0.1, 0.15) is 5.52 Å². The zero-order valence-corrected chi connectivity index (χ0v) is 8.62. The normalized spacial score (nSPS) is 10.9. The number of rotatable bonds is 0. The number of aromatic nitrogens is 1. The van der Waals surface area contributed by atoms with E-state index in [1.807, 2.05) is 36.4 Å². The Morgan fingerprint density at radius 3 is 2.73 bits per heavy atom. The van der Waals surface area contributed by atoms with Crippen molar-refractivity contribution in [3.05, 3.63) is 52.8 Å². The van der Waals surface area contributed by atoms with Crippen molar-refractivity contribution in [1.82, 2.24) is 4.98 Å². The molecule has 0 saturated carbocycles. The summed E-state index contributed by atoms with van der Waals surface area (Å²) in [7, 11) is 0. The number of fused-ring (bicyclic) bond motifs is 2. The van der Waals surface area contributed by atoms with Crippen molar-refractivity contribution in [1.29, 1.82) is 0 Å². The predicted octanol–water partition coefficient (Wildman–Crippen LogP) is 2.81. The van der Waals surface area contributed by atoms with Gasteiger partial charge in [-0.25, -0.2) is 0 Å². The first-order valence-electron chi connectivity index (χ1n) is 4.63. The Morgan fingerprint density at radius 2 is 1.80 bits per heavy atom. The van der Waals surface area contributed by atoms with E-state index in [0.29, 0.717) is 5.52 Å². The minimum absolute atomic E-state index is 0.0277. The summed E-state index contributed by atoms with van der Waals surface area (Å²) in [6.45, 7) is 0. The van der Waals surface area contributed by atoms with E-state index in [1.54, 1.807) is 17.5 Å². The zero-order chi connectivity index (χ0) is 10.3. The fraction of sp³-hybridized carbons (Fsp3) is 0. The van der Waals surface area contributed by atoms with Crippen LogP contribution in [-0.2, 0) is 0 Å². The van der Waals surface area contributed by atoms with Crippen LogP contribution in [0.5, 0.6) is 0 Å². The third-order valence-corrected chi connectivity index (χ3v) is 3.46. The number of hydrogen-bond donors (Lipinski definition) is 0. The first-order chi connectivity index (χ1) is 7.36. The van der Waals surface area contributed by atoms with Gasteiger partial charge in [0.05, 0.1) is 4.70 Å². The van der Waals surface area contributed by atoms with E-state index < -0.39 is 0 Å². The highest BCUT2D eigenvalue weighted by molar-refractivity contribution is 7.24. The van der Waals surface area contributed by atoms with Crippen LogP contribution in [0.2, 0.25) is 0 Å². The Morgan fingerprint density at radius 1 is 1.00 bits per heavy atom. The molecule has 0 N–H and O–H groups in total. The van der Waals surface area contributed by atoms with Crippen LogP contribution < -0.4 is 5.43 Å². The number of hydrogen-bond acceptors (Lipinski definition) is 3. The molecule has 3 heteroatoms. The zero-order valence-electron chi connectivity index (χ0n) is 7.81. The molecule has 0 saturated heterocycles. The van der Waals surface area contributed by atoms with Crippen LogP contribution >= 0.6 is 11.3 Å². The van der Waals surface area contributed by atoms with E-state index in [9.17, 15) is 4.79 Å². The Labute approximate surface area is 89.8 Å². The van der Waals surface area contributed by atoms with Gasteiger partial charge in [0, 0.05) is 16.3 Å².